The summed E-state index contributed by atoms with van der Waals surface area (Å²) in [6, 6.07) is 12.2. The van der Waals surface area contributed by atoms with Crippen molar-refractivity contribution in [2.75, 3.05) is 5.73 Å². The van der Waals surface area contributed by atoms with Crippen LogP contribution in [0, 0.1) is 3.57 Å². The van der Waals surface area contributed by atoms with E-state index in [1.165, 1.54) is 10.8 Å². The van der Waals surface area contributed by atoms with E-state index in [2.05, 4.69) is 34.7 Å². The molecule has 0 unspecified atom stereocenters. The Labute approximate surface area is 96.9 Å². The average molecular weight is 306 g/mol. The van der Waals surface area contributed by atoms with Crippen molar-refractivity contribution in [2.45, 2.75) is 0 Å². The third-order valence-corrected chi connectivity index (χ3v) is 3.10. The van der Waals surface area contributed by atoms with Gasteiger partial charge >= 0.3 is 0 Å². The van der Waals surface area contributed by atoms with Crippen LogP contribution < -0.4 is 5.73 Å². The Morgan fingerprint density at radius 3 is 2.46 bits per heavy atom. The normalized spacial score (nSPS) is 9.62. The number of fused-ring (bicyclic) bond motifs is 1. The second-order valence-corrected chi connectivity index (χ2v) is 3.77. The Balaban J connectivity index is 0.000000845. The first-order valence-corrected chi connectivity index (χ1v) is 4.79. The van der Waals surface area contributed by atoms with Gasteiger partial charge < -0.3 is 5.73 Å². The third kappa shape index (κ3) is 1.89. The highest BCUT2D eigenvalue weighted by Crippen LogP contribution is 2.25. The minimum Gasteiger partial charge on any atom is -0.398 e. The van der Waals surface area contributed by atoms with E-state index in [4.69, 9.17) is 5.73 Å². The largest absolute Gasteiger partial charge is 0.398 e. The molecule has 0 heterocycles. The lowest BCUT2D eigenvalue weighted by molar-refractivity contribution is 1.68. The standard InChI is InChI=1S/C10H8IN.ClH/c11-10-8-4-2-1-3-7(8)5-6-9(10)12;/h1-6H,12H2;1H. The maximum absolute atomic E-state index is 5.78. The van der Waals surface area contributed by atoms with E-state index in [1.807, 2.05) is 24.3 Å². The van der Waals surface area contributed by atoms with E-state index in [0.717, 1.165) is 9.26 Å². The third-order valence-electron chi connectivity index (χ3n) is 1.89. The van der Waals surface area contributed by atoms with E-state index in [0.29, 0.717) is 0 Å². The van der Waals surface area contributed by atoms with E-state index in [-0.39, 0.29) is 12.4 Å². The number of nitrogens with two attached hydrogens (primary N) is 1. The predicted molar refractivity (Wildman–Crippen MR) is 68.3 cm³/mol. The van der Waals surface area contributed by atoms with Gasteiger partial charge in [-0.2, -0.15) is 0 Å². The molecular weight excluding hydrogens is 296 g/mol. The van der Waals surface area contributed by atoms with Gasteiger partial charge in [-0.1, -0.05) is 30.3 Å². The maximum atomic E-state index is 5.78. The van der Waals surface area contributed by atoms with Crippen molar-refractivity contribution in [1.82, 2.24) is 0 Å². The van der Waals surface area contributed by atoms with Crippen LogP contribution in [-0.2, 0) is 0 Å². The first-order chi connectivity index (χ1) is 5.79. The van der Waals surface area contributed by atoms with Gasteiger partial charge in [0.2, 0.25) is 0 Å². The molecule has 2 aromatic carbocycles. The fraction of sp³-hybridized carbons (Fsp3) is 0. The lowest BCUT2D eigenvalue weighted by atomic mass is 10.1. The molecule has 0 atom stereocenters. The van der Waals surface area contributed by atoms with Crippen LogP contribution in [0.2, 0.25) is 0 Å². The van der Waals surface area contributed by atoms with Gasteiger partial charge in [0.15, 0.2) is 0 Å². The summed E-state index contributed by atoms with van der Waals surface area (Å²) in [5, 5.41) is 2.48. The molecule has 0 saturated carbocycles. The Kier molecular flexibility index (Phi) is 3.39. The van der Waals surface area contributed by atoms with Crippen molar-refractivity contribution >= 4 is 51.5 Å². The average Bonchev–Trinajstić information content (AvgIpc) is 2.12. The molecule has 0 fully saturated rings. The quantitative estimate of drug-likeness (QED) is 0.585. The molecule has 3 heteroatoms. The van der Waals surface area contributed by atoms with Gasteiger partial charge in [0.1, 0.15) is 0 Å². The number of halogens is 2. The second kappa shape index (κ2) is 4.15. The Morgan fingerprint density at radius 1 is 1.00 bits per heavy atom. The zero-order chi connectivity index (χ0) is 8.55. The zero-order valence-corrected chi connectivity index (χ0v) is 9.80. The molecule has 13 heavy (non-hydrogen) atoms. The molecule has 1 nitrogen and oxygen atoms in total. The minimum atomic E-state index is 0. The molecule has 0 radical (unpaired) electrons. The highest BCUT2D eigenvalue weighted by Gasteiger charge is 1.99. The van der Waals surface area contributed by atoms with Crippen LogP contribution in [0.25, 0.3) is 10.8 Å². The summed E-state index contributed by atoms with van der Waals surface area (Å²) in [6.45, 7) is 0. The Morgan fingerprint density at radius 2 is 1.69 bits per heavy atom. The van der Waals surface area contributed by atoms with Crippen molar-refractivity contribution in [3.8, 4) is 0 Å². The highest BCUT2D eigenvalue weighted by atomic mass is 127. The minimum absolute atomic E-state index is 0. The van der Waals surface area contributed by atoms with Crippen LogP contribution >= 0.6 is 35.0 Å². The lowest BCUT2D eigenvalue weighted by Gasteiger charge is -2.02. The number of nitrogen functional groups attached to an aromatic ring is 1. The molecule has 0 aromatic heterocycles. The molecule has 0 aliphatic heterocycles. The van der Waals surface area contributed by atoms with Crippen molar-refractivity contribution in [3.05, 3.63) is 40.0 Å². The molecule has 0 aliphatic rings. The van der Waals surface area contributed by atoms with Gasteiger partial charge in [-0.15, -0.1) is 12.4 Å². The van der Waals surface area contributed by atoms with E-state index < -0.39 is 0 Å². The molecule has 0 saturated heterocycles. The van der Waals surface area contributed by atoms with Gasteiger partial charge in [0, 0.05) is 9.26 Å². The molecule has 0 spiro atoms. The first kappa shape index (κ1) is 10.6. The molecular formula is C10H9ClIN. The number of benzene rings is 2. The molecule has 68 valence electrons. The Bertz CT molecular complexity index is 428. The van der Waals surface area contributed by atoms with Crippen LogP contribution in [-0.4, -0.2) is 0 Å². The van der Waals surface area contributed by atoms with Gasteiger partial charge in [-0.3, -0.25) is 0 Å². The topological polar surface area (TPSA) is 26.0 Å². The summed E-state index contributed by atoms with van der Waals surface area (Å²) in [6.07, 6.45) is 0. The number of rotatable bonds is 0. The maximum Gasteiger partial charge on any atom is 0.0456 e. The predicted octanol–water partition coefficient (Wildman–Crippen LogP) is 3.45. The van der Waals surface area contributed by atoms with Crippen LogP contribution in [0.1, 0.15) is 0 Å². The van der Waals surface area contributed by atoms with Crippen LogP contribution in [0.5, 0.6) is 0 Å². The smallest absolute Gasteiger partial charge is 0.0456 e. The van der Waals surface area contributed by atoms with Crippen molar-refractivity contribution in [3.63, 3.8) is 0 Å². The van der Waals surface area contributed by atoms with Crippen molar-refractivity contribution < 1.29 is 0 Å². The fourth-order valence-corrected chi connectivity index (χ4v) is 1.92. The summed E-state index contributed by atoms with van der Waals surface area (Å²) in [5.41, 5.74) is 6.63. The zero-order valence-electron chi connectivity index (χ0n) is 6.83. The Hall–Kier alpha value is -0.480. The molecule has 0 aliphatic carbocycles. The van der Waals surface area contributed by atoms with Gasteiger partial charge in [0.05, 0.1) is 0 Å². The molecule has 2 N–H and O–H groups in total. The summed E-state index contributed by atoms with van der Waals surface area (Å²) in [7, 11) is 0. The van der Waals surface area contributed by atoms with Crippen LogP contribution in [0.15, 0.2) is 36.4 Å². The fourth-order valence-electron chi connectivity index (χ4n) is 1.25. The number of anilines is 1. The molecule has 2 rings (SSSR count). The summed E-state index contributed by atoms with van der Waals surface area (Å²) in [4.78, 5) is 0. The number of hydrogen-bond acceptors (Lipinski definition) is 1. The van der Waals surface area contributed by atoms with Gasteiger partial charge in [-0.05, 0) is 39.4 Å². The van der Waals surface area contributed by atoms with Gasteiger partial charge in [-0.25, -0.2) is 0 Å². The summed E-state index contributed by atoms with van der Waals surface area (Å²) in [5.74, 6) is 0. The van der Waals surface area contributed by atoms with Crippen molar-refractivity contribution in [2.24, 2.45) is 0 Å². The SMILES string of the molecule is Cl.Nc1ccc2ccccc2c1I. The monoisotopic (exact) mass is 305 g/mol. The van der Waals surface area contributed by atoms with Gasteiger partial charge in [0.25, 0.3) is 0 Å². The van der Waals surface area contributed by atoms with Crippen LogP contribution in [0.4, 0.5) is 5.69 Å². The molecule has 0 amide bonds. The molecule has 0 bridgehead atoms. The molecule has 2 aromatic rings. The van der Waals surface area contributed by atoms with Crippen molar-refractivity contribution in [1.29, 1.82) is 0 Å². The first-order valence-electron chi connectivity index (χ1n) is 3.72. The number of hydrogen-bond donors (Lipinski definition) is 1. The summed E-state index contributed by atoms with van der Waals surface area (Å²) >= 11 is 2.28. The van der Waals surface area contributed by atoms with Crippen LogP contribution in [0.3, 0.4) is 0 Å². The second-order valence-electron chi connectivity index (χ2n) is 2.69. The lowest BCUT2D eigenvalue weighted by Crippen LogP contribution is -1.89. The van der Waals surface area contributed by atoms with E-state index >= 15 is 0 Å². The van der Waals surface area contributed by atoms with E-state index in [9.17, 15) is 0 Å². The van der Waals surface area contributed by atoms with E-state index in [1.54, 1.807) is 0 Å². The highest BCUT2D eigenvalue weighted by molar-refractivity contribution is 14.1. The summed E-state index contributed by atoms with van der Waals surface area (Å²) < 4.78 is 1.14.